The average Bonchev–Trinajstić information content (AvgIpc) is 2.74. The highest BCUT2D eigenvalue weighted by Crippen LogP contribution is 2.30. The number of amides is 1. The minimum atomic E-state index is -1.11. The largest absolute Gasteiger partial charge is 0.497 e. The first-order chi connectivity index (χ1) is 14.8. The molecule has 0 saturated heterocycles. The lowest BCUT2D eigenvalue weighted by atomic mass is 10.0. The van der Waals surface area contributed by atoms with Crippen molar-refractivity contribution < 1.29 is 28.6 Å². The van der Waals surface area contributed by atoms with E-state index < -0.39 is 23.5 Å². The maximum atomic E-state index is 12.1. The molecule has 3 rings (SSSR count). The van der Waals surface area contributed by atoms with Gasteiger partial charge in [-0.3, -0.25) is 4.79 Å². The molecule has 0 spiro atoms. The maximum absolute atomic E-state index is 12.1. The smallest absolute Gasteiger partial charge is 0.336 e. The van der Waals surface area contributed by atoms with Crippen molar-refractivity contribution in [2.45, 2.75) is 19.9 Å². The fourth-order valence-corrected chi connectivity index (χ4v) is 3.12. The number of carbonyl (C=O) groups excluding carboxylic acids is 1. The summed E-state index contributed by atoms with van der Waals surface area (Å²) >= 11 is 0. The molecule has 1 atom stereocenters. The second kappa shape index (κ2) is 9.34. The Hall–Kier alpha value is -3.81. The van der Waals surface area contributed by atoms with Gasteiger partial charge in [0, 0.05) is 17.5 Å². The summed E-state index contributed by atoms with van der Waals surface area (Å²) in [6.45, 7) is 3.03. The number of rotatable bonds is 8. The molecule has 8 heteroatoms. The molecule has 1 heterocycles. The SMILES string of the molecule is COc1ccc(-c2cc(=O)oc3cc(OCC(=O)N[C@H](C(=O)O)C(C)C)ccc23)cc1. The van der Waals surface area contributed by atoms with Crippen LogP contribution >= 0.6 is 0 Å². The van der Waals surface area contributed by atoms with Crippen LogP contribution in [0.25, 0.3) is 22.1 Å². The number of benzene rings is 2. The Morgan fingerprint density at radius 3 is 2.35 bits per heavy atom. The normalized spacial score (nSPS) is 11.9. The maximum Gasteiger partial charge on any atom is 0.336 e. The Balaban J connectivity index is 1.81. The monoisotopic (exact) mass is 425 g/mol. The summed E-state index contributed by atoms with van der Waals surface area (Å²) in [5.74, 6) is -0.925. The molecule has 8 nitrogen and oxygen atoms in total. The number of aliphatic carboxylic acids is 1. The van der Waals surface area contributed by atoms with Crippen molar-refractivity contribution in [2.75, 3.05) is 13.7 Å². The Morgan fingerprint density at radius 1 is 1.06 bits per heavy atom. The third-order valence-corrected chi connectivity index (χ3v) is 4.74. The molecule has 1 amide bonds. The zero-order valence-electron chi connectivity index (χ0n) is 17.4. The van der Waals surface area contributed by atoms with Gasteiger partial charge in [-0.1, -0.05) is 26.0 Å². The van der Waals surface area contributed by atoms with E-state index in [0.717, 1.165) is 5.56 Å². The fraction of sp³-hybridized carbons (Fsp3) is 0.261. The van der Waals surface area contributed by atoms with Gasteiger partial charge in [0.25, 0.3) is 5.91 Å². The van der Waals surface area contributed by atoms with Crippen LogP contribution in [-0.4, -0.2) is 36.7 Å². The summed E-state index contributed by atoms with van der Waals surface area (Å²) in [4.78, 5) is 35.3. The highest BCUT2D eigenvalue weighted by atomic mass is 16.5. The van der Waals surface area contributed by atoms with Gasteiger partial charge >= 0.3 is 11.6 Å². The number of hydrogen-bond donors (Lipinski definition) is 2. The third kappa shape index (κ3) is 5.22. The first-order valence-electron chi connectivity index (χ1n) is 9.66. The number of ether oxygens (including phenoxy) is 2. The highest BCUT2D eigenvalue weighted by Gasteiger charge is 2.23. The van der Waals surface area contributed by atoms with Crippen molar-refractivity contribution >= 4 is 22.8 Å². The van der Waals surface area contributed by atoms with Crippen LogP contribution in [0, 0.1) is 5.92 Å². The van der Waals surface area contributed by atoms with Gasteiger partial charge in [0.1, 0.15) is 23.1 Å². The van der Waals surface area contributed by atoms with E-state index in [-0.39, 0.29) is 12.5 Å². The molecule has 3 aromatic rings. The van der Waals surface area contributed by atoms with E-state index in [1.807, 2.05) is 12.1 Å². The molecule has 2 N–H and O–H groups in total. The van der Waals surface area contributed by atoms with Gasteiger partial charge in [0.05, 0.1) is 7.11 Å². The van der Waals surface area contributed by atoms with E-state index in [1.54, 1.807) is 45.2 Å². The quantitative estimate of drug-likeness (QED) is 0.533. The first-order valence-corrected chi connectivity index (χ1v) is 9.66. The summed E-state index contributed by atoms with van der Waals surface area (Å²) in [6.07, 6.45) is 0. The molecule has 0 aliphatic carbocycles. The van der Waals surface area contributed by atoms with Gasteiger partial charge in [-0.15, -0.1) is 0 Å². The second-order valence-electron chi connectivity index (χ2n) is 7.28. The van der Waals surface area contributed by atoms with Crippen LogP contribution in [0.15, 0.2) is 57.7 Å². The molecular weight excluding hydrogens is 402 g/mol. The zero-order valence-corrected chi connectivity index (χ0v) is 17.4. The van der Waals surface area contributed by atoms with Crippen molar-refractivity contribution in [1.29, 1.82) is 0 Å². The van der Waals surface area contributed by atoms with Crippen LogP contribution in [0.4, 0.5) is 0 Å². The lowest BCUT2D eigenvalue weighted by Crippen LogP contribution is -2.46. The van der Waals surface area contributed by atoms with Gasteiger partial charge in [0.2, 0.25) is 0 Å². The molecule has 0 aliphatic rings. The highest BCUT2D eigenvalue weighted by molar-refractivity contribution is 5.94. The summed E-state index contributed by atoms with van der Waals surface area (Å²) in [6, 6.07) is 12.6. The number of carbonyl (C=O) groups is 2. The number of hydrogen-bond acceptors (Lipinski definition) is 6. The number of nitrogens with one attached hydrogen (secondary N) is 1. The van der Waals surface area contributed by atoms with E-state index in [4.69, 9.17) is 19.0 Å². The summed E-state index contributed by atoms with van der Waals surface area (Å²) in [5, 5.41) is 12.3. The molecule has 2 aromatic carbocycles. The topological polar surface area (TPSA) is 115 Å². The van der Waals surface area contributed by atoms with Crippen LogP contribution in [0.3, 0.4) is 0 Å². The predicted octanol–water partition coefficient (Wildman–Crippen LogP) is 3.07. The predicted molar refractivity (Wildman–Crippen MR) is 114 cm³/mol. The Bertz CT molecular complexity index is 1150. The second-order valence-corrected chi connectivity index (χ2v) is 7.28. The molecule has 0 fully saturated rings. The van der Waals surface area contributed by atoms with Crippen molar-refractivity contribution in [3.8, 4) is 22.6 Å². The third-order valence-electron chi connectivity index (χ3n) is 4.74. The van der Waals surface area contributed by atoms with E-state index in [2.05, 4.69) is 5.32 Å². The number of fused-ring (bicyclic) bond motifs is 1. The van der Waals surface area contributed by atoms with E-state index in [1.165, 1.54) is 12.1 Å². The summed E-state index contributed by atoms with van der Waals surface area (Å²) in [5.41, 5.74) is 1.30. The standard InChI is InChI=1S/C23H23NO7/c1-13(2)22(23(27)28)24-20(25)12-30-16-8-9-17-18(11-21(26)31-19(17)10-16)14-4-6-15(29-3)7-5-14/h4-11,13,22H,12H2,1-3H3,(H,24,25)(H,27,28)/t22-/m0/s1. The lowest BCUT2D eigenvalue weighted by Gasteiger charge is -2.18. The van der Waals surface area contributed by atoms with Gasteiger partial charge in [0.15, 0.2) is 6.61 Å². The molecule has 31 heavy (non-hydrogen) atoms. The van der Waals surface area contributed by atoms with Crippen molar-refractivity contribution in [1.82, 2.24) is 5.32 Å². The van der Waals surface area contributed by atoms with E-state index in [0.29, 0.717) is 28.0 Å². The first kappa shape index (κ1) is 21.9. The van der Waals surface area contributed by atoms with Crippen LogP contribution < -0.4 is 20.4 Å². The van der Waals surface area contributed by atoms with Crippen LogP contribution in [-0.2, 0) is 9.59 Å². The summed E-state index contributed by atoms with van der Waals surface area (Å²) < 4.78 is 15.9. The van der Waals surface area contributed by atoms with E-state index >= 15 is 0 Å². The fourth-order valence-electron chi connectivity index (χ4n) is 3.12. The lowest BCUT2D eigenvalue weighted by molar-refractivity contribution is -0.143. The van der Waals surface area contributed by atoms with Crippen LogP contribution in [0.5, 0.6) is 11.5 Å². The summed E-state index contributed by atoms with van der Waals surface area (Å²) in [7, 11) is 1.58. The van der Waals surface area contributed by atoms with E-state index in [9.17, 15) is 14.4 Å². The molecule has 0 radical (unpaired) electrons. The zero-order chi connectivity index (χ0) is 22.5. The number of carboxylic acid groups (broad SMARTS) is 1. The molecule has 0 bridgehead atoms. The van der Waals surface area contributed by atoms with Crippen molar-refractivity contribution in [3.05, 3.63) is 59.0 Å². The number of methoxy groups -OCH3 is 1. The van der Waals surface area contributed by atoms with Crippen molar-refractivity contribution in [2.24, 2.45) is 5.92 Å². The van der Waals surface area contributed by atoms with Gasteiger partial charge in [-0.25, -0.2) is 9.59 Å². The van der Waals surface area contributed by atoms with Crippen LogP contribution in [0.1, 0.15) is 13.8 Å². The molecular formula is C23H23NO7. The Kier molecular flexibility index (Phi) is 6.59. The molecule has 0 unspecified atom stereocenters. The molecule has 1 aromatic heterocycles. The van der Waals surface area contributed by atoms with Gasteiger partial charge in [-0.05, 0) is 41.3 Å². The van der Waals surface area contributed by atoms with Gasteiger partial charge < -0.3 is 24.3 Å². The Morgan fingerprint density at radius 2 is 1.74 bits per heavy atom. The molecule has 0 saturated carbocycles. The molecule has 162 valence electrons. The number of carboxylic acids is 1. The Labute approximate surface area is 178 Å². The van der Waals surface area contributed by atoms with Crippen LogP contribution in [0.2, 0.25) is 0 Å². The molecule has 0 aliphatic heterocycles. The van der Waals surface area contributed by atoms with Gasteiger partial charge in [-0.2, -0.15) is 0 Å². The minimum Gasteiger partial charge on any atom is -0.497 e. The minimum absolute atomic E-state index is 0.271. The van der Waals surface area contributed by atoms with Crippen molar-refractivity contribution in [3.63, 3.8) is 0 Å². The average molecular weight is 425 g/mol.